The van der Waals surface area contributed by atoms with Crippen molar-refractivity contribution in [2.75, 3.05) is 24.6 Å². The molecule has 1 aromatic heterocycles. The van der Waals surface area contributed by atoms with Crippen LogP contribution in [0, 0.1) is 27.4 Å². The first-order chi connectivity index (χ1) is 8.15. The molecule has 88 valence electrons. The lowest BCUT2D eigenvalue weighted by molar-refractivity contribution is -0.385. The van der Waals surface area contributed by atoms with Gasteiger partial charge in [0, 0.05) is 31.7 Å². The Kier molecular flexibility index (Phi) is 2.89. The lowest BCUT2D eigenvalue weighted by Gasteiger charge is -2.39. The maximum absolute atomic E-state index is 10.6. The Bertz CT molecular complexity index is 491. The first-order valence-electron chi connectivity index (χ1n) is 5.07. The van der Waals surface area contributed by atoms with Crippen molar-refractivity contribution in [2.24, 2.45) is 5.92 Å². The molecule has 1 fully saturated rings. The third-order valence-electron chi connectivity index (χ3n) is 2.70. The van der Waals surface area contributed by atoms with Gasteiger partial charge in [-0.05, 0) is 6.07 Å². The van der Waals surface area contributed by atoms with E-state index in [1.165, 1.54) is 12.1 Å². The fourth-order valence-corrected chi connectivity index (χ4v) is 1.72. The van der Waals surface area contributed by atoms with Crippen molar-refractivity contribution in [3.63, 3.8) is 0 Å². The number of aliphatic hydroxyl groups excluding tert-OH is 1. The van der Waals surface area contributed by atoms with Gasteiger partial charge in [0.2, 0.25) is 5.69 Å². The number of rotatable bonds is 3. The molecule has 0 unspecified atom stereocenters. The van der Waals surface area contributed by atoms with Crippen LogP contribution in [0.15, 0.2) is 12.1 Å². The molecule has 0 radical (unpaired) electrons. The zero-order valence-corrected chi connectivity index (χ0v) is 8.91. The van der Waals surface area contributed by atoms with Gasteiger partial charge in [0.1, 0.15) is 11.9 Å². The van der Waals surface area contributed by atoms with E-state index in [1.807, 2.05) is 4.90 Å². The van der Waals surface area contributed by atoms with Crippen LogP contribution >= 0.6 is 0 Å². The van der Waals surface area contributed by atoms with Crippen molar-refractivity contribution in [3.05, 3.63) is 27.9 Å². The third-order valence-corrected chi connectivity index (χ3v) is 2.70. The molecular formula is C10H10N4O3. The second-order valence-electron chi connectivity index (χ2n) is 3.86. The molecule has 0 aromatic carbocycles. The topological polar surface area (TPSA) is 103 Å². The number of hydrogen-bond donors (Lipinski definition) is 1. The lowest BCUT2D eigenvalue weighted by Crippen LogP contribution is -2.48. The van der Waals surface area contributed by atoms with Crippen LogP contribution in [-0.2, 0) is 0 Å². The van der Waals surface area contributed by atoms with Crippen molar-refractivity contribution in [1.82, 2.24) is 4.98 Å². The first-order valence-corrected chi connectivity index (χ1v) is 5.07. The van der Waals surface area contributed by atoms with Gasteiger partial charge in [-0.1, -0.05) is 0 Å². The highest BCUT2D eigenvalue weighted by molar-refractivity contribution is 5.52. The number of aliphatic hydroxyl groups is 1. The summed E-state index contributed by atoms with van der Waals surface area (Å²) in [5, 5.41) is 28.3. The largest absolute Gasteiger partial charge is 0.396 e. The Morgan fingerprint density at radius 2 is 2.35 bits per heavy atom. The average molecular weight is 234 g/mol. The molecule has 2 heterocycles. The molecule has 7 nitrogen and oxygen atoms in total. The van der Waals surface area contributed by atoms with Gasteiger partial charge in [0.05, 0.1) is 4.92 Å². The standard InChI is InChI=1S/C10H10N4O3/c11-3-8-9(14(16)17)1-2-10(12-8)13-4-7(5-13)6-15/h1-2,7,15H,4-6H2. The monoisotopic (exact) mass is 234 g/mol. The van der Waals surface area contributed by atoms with Gasteiger partial charge in [0.25, 0.3) is 0 Å². The van der Waals surface area contributed by atoms with Gasteiger partial charge in [-0.3, -0.25) is 10.1 Å². The van der Waals surface area contributed by atoms with Gasteiger partial charge in [-0.25, -0.2) is 4.98 Å². The summed E-state index contributed by atoms with van der Waals surface area (Å²) in [7, 11) is 0. The number of pyridine rings is 1. The Morgan fingerprint density at radius 3 is 2.88 bits per heavy atom. The van der Waals surface area contributed by atoms with E-state index in [9.17, 15) is 10.1 Å². The van der Waals surface area contributed by atoms with Gasteiger partial charge in [-0.15, -0.1) is 0 Å². The van der Waals surface area contributed by atoms with E-state index in [4.69, 9.17) is 10.4 Å². The fraction of sp³-hybridized carbons (Fsp3) is 0.400. The highest BCUT2D eigenvalue weighted by Crippen LogP contribution is 2.25. The van der Waals surface area contributed by atoms with Crippen LogP contribution in [0.2, 0.25) is 0 Å². The normalized spacial score (nSPS) is 15.2. The zero-order valence-electron chi connectivity index (χ0n) is 8.91. The second kappa shape index (κ2) is 4.35. The molecule has 0 amide bonds. The average Bonchev–Trinajstić information content (AvgIpc) is 2.27. The van der Waals surface area contributed by atoms with Crippen LogP contribution in [-0.4, -0.2) is 34.7 Å². The van der Waals surface area contributed by atoms with Crippen LogP contribution in [0.1, 0.15) is 5.69 Å². The molecule has 0 aliphatic carbocycles. The van der Waals surface area contributed by atoms with E-state index >= 15 is 0 Å². The van der Waals surface area contributed by atoms with E-state index in [1.54, 1.807) is 6.07 Å². The summed E-state index contributed by atoms with van der Waals surface area (Å²) in [6, 6.07) is 4.52. The number of aromatic nitrogens is 1. The van der Waals surface area contributed by atoms with E-state index in [0.29, 0.717) is 18.9 Å². The molecular weight excluding hydrogens is 224 g/mol. The third kappa shape index (κ3) is 2.03. The maximum Gasteiger partial charge on any atom is 0.305 e. The fourth-order valence-electron chi connectivity index (χ4n) is 1.72. The van der Waals surface area contributed by atoms with Crippen LogP contribution < -0.4 is 4.90 Å². The molecule has 1 aromatic rings. The highest BCUT2D eigenvalue weighted by Gasteiger charge is 2.28. The summed E-state index contributed by atoms with van der Waals surface area (Å²) >= 11 is 0. The minimum atomic E-state index is -0.623. The summed E-state index contributed by atoms with van der Waals surface area (Å²) < 4.78 is 0. The molecule has 7 heteroatoms. The molecule has 1 aliphatic rings. The maximum atomic E-state index is 10.6. The van der Waals surface area contributed by atoms with Crippen molar-refractivity contribution >= 4 is 11.5 Å². The number of nitrogens with zero attached hydrogens (tertiary/aromatic N) is 4. The van der Waals surface area contributed by atoms with Crippen LogP contribution in [0.25, 0.3) is 0 Å². The van der Waals surface area contributed by atoms with Gasteiger partial charge in [0.15, 0.2) is 0 Å². The zero-order chi connectivity index (χ0) is 12.4. The second-order valence-corrected chi connectivity index (χ2v) is 3.86. The molecule has 0 bridgehead atoms. The minimum Gasteiger partial charge on any atom is -0.396 e. The number of hydrogen-bond acceptors (Lipinski definition) is 6. The summed E-state index contributed by atoms with van der Waals surface area (Å²) in [6.07, 6.45) is 0. The van der Waals surface area contributed by atoms with E-state index in [2.05, 4.69) is 4.98 Å². The highest BCUT2D eigenvalue weighted by atomic mass is 16.6. The summed E-state index contributed by atoms with van der Waals surface area (Å²) in [6.45, 7) is 1.44. The Labute approximate surface area is 97.1 Å². The van der Waals surface area contributed by atoms with Crippen molar-refractivity contribution in [1.29, 1.82) is 5.26 Å². The van der Waals surface area contributed by atoms with Crippen molar-refractivity contribution in [3.8, 4) is 6.07 Å². The molecule has 0 spiro atoms. The predicted molar refractivity (Wildman–Crippen MR) is 58.4 cm³/mol. The number of anilines is 1. The van der Waals surface area contributed by atoms with Crippen LogP contribution in [0.5, 0.6) is 0 Å². The smallest absolute Gasteiger partial charge is 0.305 e. The van der Waals surface area contributed by atoms with Crippen molar-refractivity contribution in [2.45, 2.75) is 0 Å². The first kappa shape index (κ1) is 11.3. The van der Waals surface area contributed by atoms with Gasteiger partial charge < -0.3 is 10.0 Å². The number of nitro groups is 1. The Hall–Kier alpha value is -2.20. The van der Waals surface area contributed by atoms with E-state index < -0.39 is 4.92 Å². The molecule has 1 aliphatic heterocycles. The van der Waals surface area contributed by atoms with E-state index in [0.717, 1.165) is 0 Å². The minimum absolute atomic E-state index is 0.120. The van der Waals surface area contributed by atoms with Crippen molar-refractivity contribution < 1.29 is 10.0 Å². The molecule has 1 saturated heterocycles. The predicted octanol–water partition coefficient (Wildman–Crippen LogP) is 0.290. The molecule has 0 atom stereocenters. The molecule has 2 rings (SSSR count). The van der Waals surface area contributed by atoms with E-state index in [-0.39, 0.29) is 23.9 Å². The van der Waals surface area contributed by atoms with Gasteiger partial charge in [-0.2, -0.15) is 5.26 Å². The van der Waals surface area contributed by atoms with Gasteiger partial charge >= 0.3 is 5.69 Å². The molecule has 17 heavy (non-hydrogen) atoms. The number of nitriles is 1. The summed E-state index contributed by atoms with van der Waals surface area (Å²) in [4.78, 5) is 15.8. The lowest BCUT2D eigenvalue weighted by atomic mass is 10.0. The Balaban J connectivity index is 2.22. The quantitative estimate of drug-likeness (QED) is 0.595. The van der Waals surface area contributed by atoms with Crippen LogP contribution in [0.4, 0.5) is 11.5 Å². The Morgan fingerprint density at radius 1 is 1.65 bits per heavy atom. The SMILES string of the molecule is N#Cc1nc(N2CC(CO)C2)ccc1[N+](=O)[O-]. The molecule has 0 saturated carbocycles. The van der Waals surface area contributed by atoms with Crippen LogP contribution in [0.3, 0.4) is 0 Å². The summed E-state index contributed by atoms with van der Waals surface area (Å²) in [5.74, 6) is 0.759. The summed E-state index contributed by atoms with van der Waals surface area (Å²) in [5.41, 5.74) is -0.463. The molecule has 1 N–H and O–H groups in total.